The Morgan fingerprint density at radius 1 is 1.07 bits per heavy atom. The zero-order valence-corrected chi connectivity index (χ0v) is 8.79. The summed E-state index contributed by atoms with van der Waals surface area (Å²) in [5, 5.41) is 0. The van der Waals surface area contributed by atoms with Crippen LogP contribution in [0.5, 0.6) is 0 Å². The molecular weight excluding hydrogens is 189 g/mol. The number of hydrogen-bond donors (Lipinski definition) is 0. The maximum absolute atomic E-state index is 13.4. The molecule has 76 valence electrons. The van der Waals surface area contributed by atoms with Gasteiger partial charge in [0.25, 0.3) is 0 Å². The minimum absolute atomic E-state index is 0.183. The molecule has 0 saturated heterocycles. The third kappa shape index (κ3) is 1.89. The highest BCUT2D eigenvalue weighted by Gasteiger charge is 2.04. The first-order valence-electron chi connectivity index (χ1n) is 4.86. The molecule has 1 nitrogen and oxygen atoms in total. The van der Waals surface area contributed by atoms with Gasteiger partial charge < -0.3 is 0 Å². The number of nitrogens with zero attached hydrogens (tertiary/aromatic N) is 1. The van der Waals surface area contributed by atoms with E-state index in [4.69, 9.17) is 0 Å². The quantitative estimate of drug-likeness (QED) is 0.688. The molecule has 0 aliphatic carbocycles. The van der Waals surface area contributed by atoms with Gasteiger partial charge in [-0.1, -0.05) is 18.2 Å². The molecule has 2 aromatic rings. The Balaban J connectivity index is 2.55. The molecule has 0 N–H and O–H groups in total. The summed E-state index contributed by atoms with van der Waals surface area (Å²) in [4.78, 5) is 4.25. The Morgan fingerprint density at radius 2 is 1.87 bits per heavy atom. The fourth-order valence-electron chi connectivity index (χ4n) is 1.53. The maximum atomic E-state index is 13.4. The van der Waals surface area contributed by atoms with E-state index in [0.29, 0.717) is 5.56 Å². The Labute approximate surface area is 88.6 Å². The summed E-state index contributed by atoms with van der Waals surface area (Å²) in [6.07, 6.45) is 1.72. The Hall–Kier alpha value is -1.70. The average Bonchev–Trinajstić information content (AvgIpc) is 2.23. The molecular formula is C13H12FN. The van der Waals surface area contributed by atoms with E-state index in [1.807, 2.05) is 25.1 Å². The molecule has 0 saturated carbocycles. The molecule has 0 amide bonds. The largest absolute Gasteiger partial charge is 0.256 e. The first kappa shape index (κ1) is 9.84. The van der Waals surface area contributed by atoms with Crippen LogP contribution in [0.15, 0.2) is 36.5 Å². The molecule has 1 heterocycles. The SMILES string of the molecule is Cc1ccc(-c2ncccc2C)cc1F. The van der Waals surface area contributed by atoms with Gasteiger partial charge in [-0.3, -0.25) is 4.98 Å². The summed E-state index contributed by atoms with van der Waals surface area (Å²) in [6.45, 7) is 3.73. The highest BCUT2D eigenvalue weighted by atomic mass is 19.1. The second kappa shape index (κ2) is 3.81. The monoisotopic (exact) mass is 201 g/mol. The zero-order chi connectivity index (χ0) is 10.8. The summed E-state index contributed by atoms with van der Waals surface area (Å²) < 4.78 is 13.4. The van der Waals surface area contributed by atoms with Crippen LogP contribution < -0.4 is 0 Å². The Kier molecular flexibility index (Phi) is 2.50. The van der Waals surface area contributed by atoms with Crippen LogP contribution in [0.4, 0.5) is 4.39 Å². The highest BCUT2D eigenvalue weighted by Crippen LogP contribution is 2.22. The van der Waals surface area contributed by atoms with Crippen LogP contribution in [-0.2, 0) is 0 Å². The Morgan fingerprint density at radius 3 is 2.53 bits per heavy atom. The average molecular weight is 201 g/mol. The molecule has 0 bridgehead atoms. The molecule has 0 aliphatic heterocycles. The number of aromatic nitrogens is 1. The van der Waals surface area contributed by atoms with Crippen molar-refractivity contribution in [3.8, 4) is 11.3 Å². The van der Waals surface area contributed by atoms with Crippen LogP contribution in [0.2, 0.25) is 0 Å². The number of pyridine rings is 1. The van der Waals surface area contributed by atoms with Crippen molar-refractivity contribution in [3.63, 3.8) is 0 Å². The maximum Gasteiger partial charge on any atom is 0.126 e. The van der Waals surface area contributed by atoms with Crippen molar-refractivity contribution in [2.45, 2.75) is 13.8 Å². The highest BCUT2D eigenvalue weighted by molar-refractivity contribution is 5.62. The summed E-state index contributed by atoms with van der Waals surface area (Å²) >= 11 is 0. The molecule has 2 heteroatoms. The van der Waals surface area contributed by atoms with E-state index in [9.17, 15) is 4.39 Å². The molecule has 0 atom stereocenters. The second-order valence-electron chi connectivity index (χ2n) is 3.63. The van der Waals surface area contributed by atoms with Crippen LogP contribution in [0.1, 0.15) is 11.1 Å². The van der Waals surface area contributed by atoms with E-state index in [-0.39, 0.29) is 5.82 Å². The van der Waals surface area contributed by atoms with Crippen LogP contribution in [-0.4, -0.2) is 4.98 Å². The van der Waals surface area contributed by atoms with E-state index in [2.05, 4.69) is 4.98 Å². The minimum atomic E-state index is -0.183. The number of halogens is 1. The zero-order valence-electron chi connectivity index (χ0n) is 8.79. The van der Waals surface area contributed by atoms with E-state index in [1.165, 1.54) is 6.07 Å². The van der Waals surface area contributed by atoms with Gasteiger partial charge in [0.15, 0.2) is 0 Å². The molecule has 0 radical (unpaired) electrons. The van der Waals surface area contributed by atoms with Crippen molar-refractivity contribution in [2.24, 2.45) is 0 Å². The molecule has 0 spiro atoms. The van der Waals surface area contributed by atoms with E-state index < -0.39 is 0 Å². The van der Waals surface area contributed by atoms with E-state index in [0.717, 1.165) is 16.8 Å². The fraction of sp³-hybridized carbons (Fsp3) is 0.154. The standard InChI is InChI=1S/C13H12FN/c1-9-5-6-11(8-12(9)14)13-10(2)4-3-7-15-13/h3-8H,1-2H3. The lowest BCUT2D eigenvalue weighted by Crippen LogP contribution is -1.89. The van der Waals surface area contributed by atoms with Crippen molar-refractivity contribution >= 4 is 0 Å². The molecule has 15 heavy (non-hydrogen) atoms. The fourth-order valence-corrected chi connectivity index (χ4v) is 1.53. The van der Waals surface area contributed by atoms with Gasteiger partial charge in [0, 0.05) is 11.8 Å². The van der Waals surface area contributed by atoms with Crippen molar-refractivity contribution < 1.29 is 4.39 Å². The summed E-state index contributed by atoms with van der Waals surface area (Å²) in [6, 6.07) is 9.06. The Bertz CT molecular complexity index is 492. The number of rotatable bonds is 1. The van der Waals surface area contributed by atoms with Crippen molar-refractivity contribution in [2.75, 3.05) is 0 Å². The number of aryl methyl sites for hydroxylation is 2. The summed E-state index contributed by atoms with van der Waals surface area (Å²) in [5.74, 6) is -0.183. The van der Waals surface area contributed by atoms with Gasteiger partial charge in [-0.05, 0) is 37.1 Å². The van der Waals surface area contributed by atoms with Crippen LogP contribution in [0.25, 0.3) is 11.3 Å². The second-order valence-corrected chi connectivity index (χ2v) is 3.63. The topological polar surface area (TPSA) is 12.9 Å². The molecule has 0 unspecified atom stereocenters. The minimum Gasteiger partial charge on any atom is -0.256 e. The van der Waals surface area contributed by atoms with Gasteiger partial charge in [-0.2, -0.15) is 0 Å². The summed E-state index contributed by atoms with van der Waals surface area (Å²) in [7, 11) is 0. The molecule has 2 rings (SSSR count). The van der Waals surface area contributed by atoms with E-state index >= 15 is 0 Å². The predicted octanol–water partition coefficient (Wildman–Crippen LogP) is 3.50. The molecule has 0 fully saturated rings. The molecule has 1 aromatic carbocycles. The number of hydrogen-bond acceptors (Lipinski definition) is 1. The van der Waals surface area contributed by atoms with Gasteiger partial charge >= 0.3 is 0 Å². The first-order valence-corrected chi connectivity index (χ1v) is 4.86. The smallest absolute Gasteiger partial charge is 0.126 e. The van der Waals surface area contributed by atoms with Crippen LogP contribution in [0.3, 0.4) is 0 Å². The van der Waals surface area contributed by atoms with Gasteiger partial charge in [-0.15, -0.1) is 0 Å². The van der Waals surface area contributed by atoms with Crippen LogP contribution >= 0.6 is 0 Å². The van der Waals surface area contributed by atoms with Crippen molar-refractivity contribution in [3.05, 3.63) is 53.5 Å². The number of benzene rings is 1. The third-order valence-electron chi connectivity index (χ3n) is 2.45. The third-order valence-corrected chi connectivity index (χ3v) is 2.45. The van der Waals surface area contributed by atoms with Crippen molar-refractivity contribution in [1.29, 1.82) is 0 Å². The predicted molar refractivity (Wildman–Crippen MR) is 59.1 cm³/mol. The molecule has 0 aliphatic rings. The lowest BCUT2D eigenvalue weighted by atomic mass is 10.1. The van der Waals surface area contributed by atoms with Crippen LogP contribution in [0, 0.1) is 19.7 Å². The lowest BCUT2D eigenvalue weighted by molar-refractivity contribution is 0.619. The van der Waals surface area contributed by atoms with Gasteiger partial charge in [0.2, 0.25) is 0 Å². The first-order chi connectivity index (χ1) is 7.18. The normalized spacial score (nSPS) is 10.3. The van der Waals surface area contributed by atoms with Crippen molar-refractivity contribution in [1.82, 2.24) is 4.98 Å². The summed E-state index contributed by atoms with van der Waals surface area (Å²) in [5.41, 5.74) is 3.39. The lowest BCUT2D eigenvalue weighted by Gasteiger charge is -2.05. The van der Waals surface area contributed by atoms with Gasteiger partial charge in [0.1, 0.15) is 5.82 Å². The van der Waals surface area contributed by atoms with Gasteiger partial charge in [-0.25, -0.2) is 4.39 Å². The van der Waals surface area contributed by atoms with E-state index in [1.54, 1.807) is 19.2 Å². The van der Waals surface area contributed by atoms with Gasteiger partial charge in [0.05, 0.1) is 5.69 Å². The molecule has 1 aromatic heterocycles.